The molecule has 5 rings (SSSR count). The number of carbonyl (C=O) groups is 1. The van der Waals surface area contributed by atoms with Crippen LogP contribution in [0.25, 0.3) is 22.4 Å². The van der Waals surface area contributed by atoms with Crippen LogP contribution in [0.2, 0.25) is 0 Å². The number of aryl methyl sites for hydroxylation is 1. The van der Waals surface area contributed by atoms with Crippen molar-refractivity contribution < 1.29 is 4.79 Å². The molecular weight excluding hydrogens is 438 g/mol. The van der Waals surface area contributed by atoms with E-state index in [-0.39, 0.29) is 5.91 Å². The number of nitrogens with zero attached hydrogens (tertiary/aromatic N) is 7. The Kier molecular flexibility index (Phi) is 6.21. The van der Waals surface area contributed by atoms with Gasteiger partial charge in [0.1, 0.15) is 11.0 Å². The summed E-state index contributed by atoms with van der Waals surface area (Å²) in [4.78, 5) is 28.7. The molecule has 0 bridgehead atoms. The zero-order valence-corrected chi connectivity index (χ0v) is 20.8. The van der Waals surface area contributed by atoms with E-state index in [1.807, 2.05) is 79.4 Å². The normalized spacial score (nSPS) is 14.5. The first-order valence-electron chi connectivity index (χ1n) is 11.9. The predicted molar refractivity (Wildman–Crippen MR) is 139 cm³/mol. The molecule has 0 spiro atoms. The van der Waals surface area contributed by atoms with E-state index in [0.717, 1.165) is 65.3 Å². The Bertz CT molecular complexity index is 1350. The van der Waals surface area contributed by atoms with Crippen LogP contribution in [-0.2, 0) is 13.5 Å². The Labute approximate surface area is 205 Å². The number of hydrogen-bond donors (Lipinski definition) is 0. The third-order valence-electron chi connectivity index (χ3n) is 6.65. The summed E-state index contributed by atoms with van der Waals surface area (Å²) in [7, 11) is 8.04. The first-order valence-corrected chi connectivity index (χ1v) is 11.9. The number of rotatable bonds is 5. The van der Waals surface area contributed by atoms with Gasteiger partial charge in [-0.2, -0.15) is 5.10 Å². The number of hydrogen-bond acceptors (Lipinski definition) is 6. The lowest BCUT2D eigenvalue weighted by Gasteiger charge is -2.32. The molecule has 180 valence electrons. The molecule has 1 fully saturated rings. The van der Waals surface area contributed by atoms with Crippen molar-refractivity contribution in [3.63, 3.8) is 0 Å². The molecule has 35 heavy (non-hydrogen) atoms. The fourth-order valence-corrected chi connectivity index (χ4v) is 4.56. The lowest BCUT2D eigenvalue weighted by atomic mass is 10.1. The standard InChI is InChI=1S/C27H31N7O/c1-31(2)23-8-6-5-7-21(23)26-28-18-24-25(29-26)22(30-33(24)4)17-19-9-11-20(12-10-19)27(35)34-15-13-32(3)14-16-34/h5-12,18H,13-17H2,1-4H3. The lowest BCUT2D eigenvalue weighted by Crippen LogP contribution is -2.47. The number of para-hydroxylation sites is 1. The molecule has 0 N–H and O–H groups in total. The molecule has 1 aliphatic heterocycles. The molecule has 0 saturated carbocycles. The maximum absolute atomic E-state index is 12.9. The van der Waals surface area contributed by atoms with Gasteiger partial charge in [-0.1, -0.05) is 24.3 Å². The third-order valence-corrected chi connectivity index (χ3v) is 6.65. The summed E-state index contributed by atoms with van der Waals surface area (Å²) in [5.41, 5.74) is 6.52. The SMILES string of the molecule is CN1CCN(C(=O)c2ccc(Cc3nn(C)c4cnc(-c5ccccc5N(C)C)nc34)cc2)CC1. The Morgan fingerprint density at radius 2 is 1.69 bits per heavy atom. The third kappa shape index (κ3) is 4.61. The van der Waals surface area contributed by atoms with Gasteiger partial charge in [-0.25, -0.2) is 9.97 Å². The molecule has 1 aliphatic rings. The number of fused-ring (bicyclic) bond motifs is 1. The second kappa shape index (κ2) is 9.46. The van der Waals surface area contributed by atoms with Gasteiger partial charge in [0.15, 0.2) is 5.82 Å². The van der Waals surface area contributed by atoms with Crippen LogP contribution in [-0.4, -0.2) is 82.8 Å². The van der Waals surface area contributed by atoms with Crippen molar-refractivity contribution in [1.29, 1.82) is 0 Å². The molecule has 4 aromatic rings. The minimum atomic E-state index is 0.102. The molecule has 0 aliphatic carbocycles. The number of likely N-dealkylation sites (N-methyl/N-ethyl adjacent to an activating group) is 1. The Hall–Kier alpha value is -3.78. The van der Waals surface area contributed by atoms with Crippen LogP contribution in [0.3, 0.4) is 0 Å². The van der Waals surface area contributed by atoms with Crippen LogP contribution in [0.1, 0.15) is 21.6 Å². The summed E-state index contributed by atoms with van der Waals surface area (Å²) in [5, 5.41) is 4.74. The molecule has 8 nitrogen and oxygen atoms in total. The van der Waals surface area contributed by atoms with E-state index >= 15 is 0 Å². The Balaban J connectivity index is 1.41. The summed E-state index contributed by atoms with van der Waals surface area (Å²) >= 11 is 0. The van der Waals surface area contributed by atoms with Crippen molar-refractivity contribution in [3.05, 3.63) is 71.5 Å². The van der Waals surface area contributed by atoms with Crippen molar-refractivity contribution in [2.24, 2.45) is 7.05 Å². The predicted octanol–water partition coefficient (Wildman–Crippen LogP) is 3.07. The number of anilines is 1. The molecule has 3 heterocycles. The van der Waals surface area contributed by atoms with Crippen LogP contribution in [0.5, 0.6) is 0 Å². The zero-order valence-electron chi connectivity index (χ0n) is 20.8. The number of benzene rings is 2. The molecule has 1 amide bonds. The number of aromatic nitrogens is 4. The van der Waals surface area contributed by atoms with Crippen LogP contribution in [0.4, 0.5) is 5.69 Å². The van der Waals surface area contributed by atoms with Gasteiger partial charge in [-0.15, -0.1) is 0 Å². The number of carbonyl (C=O) groups excluding carboxylic acids is 1. The molecule has 0 atom stereocenters. The monoisotopic (exact) mass is 469 g/mol. The molecule has 2 aromatic carbocycles. The summed E-state index contributed by atoms with van der Waals surface area (Å²) in [6.07, 6.45) is 2.48. The summed E-state index contributed by atoms with van der Waals surface area (Å²) in [6, 6.07) is 16.0. The smallest absolute Gasteiger partial charge is 0.253 e. The average molecular weight is 470 g/mol. The van der Waals surface area contributed by atoms with Crippen LogP contribution >= 0.6 is 0 Å². The van der Waals surface area contributed by atoms with Gasteiger partial charge < -0.3 is 14.7 Å². The van der Waals surface area contributed by atoms with Crippen molar-refractivity contribution in [2.75, 3.05) is 52.2 Å². The fourth-order valence-electron chi connectivity index (χ4n) is 4.56. The summed E-state index contributed by atoms with van der Waals surface area (Å²) in [6.45, 7) is 3.38. The first-order chi connectivity index (χ1) is 16.9. The molecule has 0 unspecified atom stereocenters. The van der Waals surface area contributed by atoms with Crippen LogP contribution < -0.4 is 4.90 Å². The van der Waals surface area contributed by atoms with E-state index in [4.69, 9.17) is 10.1 Å². The number of piperazine rings is 1. The maximum atomic E-state index is 12.9. The highest BCUT2D eigenvalue weighted by Gasteiger charge is 2.20. The van der Waals surface area contributed by atoms with E-state index < -0.39 is 0 Å². The van der Waals surface area contributed by atoms with E-state index in [0.29, 0.717) is 12.2 Å². The van der Waals surface area contributed by atoms with Crippen molar-refractivity contribution in [3.8, 4) is 11.4 Å². The van der Waals surface area contributed by atoms with E-state index in [2.05, 4.69) is 27.9 Å². The molecule has 1 saturated heterocycles. The van der Waals surface area contributed by atoms with Gasteiger partial charge in [0, 0.05) is 70.6 Å². The topological polar surface area (TPSA) is 70.4 Å². The van der Waals surface area contributed by atoms with Crippen LogP contribution in [0.15, 0.2) is 54.7 Å². The zero-order chi connectivity index (χ0) is 24.5. The van der Waals surface area contributed by atoms with E-state index in [1.165, 1.54) is 0 Å². The largest absolute Gasteiger partial charge is 0.377 e. The maximum Gasteiger partial charge on any atom is 0.253 e. The van der Waals surface area contributed by atoms with Gasteiger partial charge in [-0.05, 0) is 36.9 Å². The second-order valence-electron chi connectivity index (χ2n) is 9.38. The van der Waals surface area contributed by atoms with Gasteiger partial charge in [0.05, 0.1) is 11.9 Å². The van der Waals surface area contributed by atoms with Crippen molar-refractivity contribution in [2.45, 2.75) is 6.42 Å². The van der Waals surface area contributed by atoms with Crippen LogP contribution in [0, 0.1) is 0 Å². The summed E-state index contributed by atoms with van der Waals surface area (Å²) in [5.74, 6) is 0.786. The Morgan fingerprint density at radius 3 is 2.40 bits per heavy atom. The van der Waals surface area contributed by atoms with Gasteiger partial charge in [0.25, 0.3) is 5.91 Å². The molecule has 0 radical (unpaired) electrons. The minimum Gasteiger partial charge on any atom is -0.377 e. The van der Waals surface area contributed by atoms with E-state index in [9.17, 15) is 4.79 Å². The second-order valence-corrected chi connectivity index (χ2v) is 9.38. The highest BCUT2D eigenvalue weighted by Crippen LogP contribution is 2.29. The molecule has 8 heteroatoms. The van der Waals surface area contributed by atoms with Gasteiger partial charge >= 0.3 is 0 Å². The lowest BCUT2D eigenvalue weighted by molar-refractivity contribution is 0.0664. The van der Waals surface area contributed by atoms with Crippen molar-refractivity contribution >= 4 is 22.6 Å². The first kappa shape index (κ1) is 23.0. The summed E-state index contributed by atoms with van der Waals surface area (Å²) < 4.78 is 1.83. The highest BCUT2D eigenvalue weighted by atomic mass is 16.2. The van der Waals surface area contributed by atoms with Gasteiger partial charge in [0.2, 0.25) is 0 Å². The molecule has 2 aromatic heterocycles. The van der Waals surface area contributed by atoms with Crippen molar-refractivity contribution in [1.82, 2.24) is 29.5 Å². The fraction of sp³-hybridized carbons (Fsp3) is 0.333. The Morgan fingerprint density at radius 1 is 0.971 bits per heavy atom. The van der Waals surface area contributed by atoms with E-state index in [1.54, 1.807) is 0 Å². The number of amides is 1. The highest BCUT2D eigenvalue weighted by molar-refractivity contribution is 5.94. The quantitative estimate of drug-likeness (QED) is 0.447. The molecular formula is C27H31N7O. The van der Waals surface area contributed by atoms with Gasteiger partial charge in [-0.3, -0.25) is 9.48 Å². The average Bonchev–Trinajstić information content (AvgIpc) is 3.18. The minimum absolute atomic E-state index is 0.102.